The molecule has 2 unspecified atom stereocenters. The lowest BCUT2D eigenvalue weighted by atomic mass is 9.80. The van der Waals surface area contributed by atoms with Crippen LogP contribution in [0.5, 0.6) is 0 Å². The first-order valence-corrected chi connectivity index (χ1v) is 6.53. The van der Waals surface area contributed by atoms with Gasteiger partial charge in [0.2, 0.25) is 0 Å². The van der Waals surface area contributed by atoms with E-state index in [1.807, 2.05) is 0 Å². The van der Waals surface area contributed by atoms with E-state index in [2.05, 4.69) is 26.1 Å². The molecule has 2 N–H and O–H groups in total. The summed E-state index contributed by atoms with van der Waals surface area (Å²) >= 11 is 0. The van der Waals surface area contributed by atoms with Crippen LogP contribution in [0.1, 0.15) is 59.3 Å². The van der Waals surface area contributed by atoms with Gasteiger partial charge in [0.25, 0.3) is 0 Å². The number of hydrogen-bond acceptors (Lipinski definition) is 2. The summed E-state index contributed by atoms with van der Waals surface area (Å²) in [5.74, 6) is -0.138. The van der Waals surface area contributed by atoms with E-state index in [1.54, 1.807) is 0 Å². The van der Waals surface area contributed by atoms with Gasteiger partial charge in [-0.1, -0.05) is 39.5 Å². The van der Waals surface area contributed by atoms with Gasteiger partial charge in [0.05, 0.1) is 0 Å². The number of carbonyl (C=O) groups is 1. The minimum atomic E-state index is -0.664. The Hall–Kier alpha value is -0.570. The highest BCUT2D eigenvalue weighted by Gasteiger charge is 2.40. The number of rotatable bonds is 5. The Morgan fingerprint density at radius 1 is 1.31 bits per heavy atom. The molecule has 94 valence electrons. The predicted molar refractivity (Wildman–Crippen MR) is 65.5 cm³/mol. The van der Waals surface area contributed by atoms with Crippen LogP contribution in [-0.2, 0) is 4.79 Å². The molecule has 1 fully saturated rings. The highest BCUT2D eigenvalue weighted by molar-refractivity contribution is 5.79. The van der Waals surface area contributed by atoms with E-state index in [9.17, 15) is 9.90 Å². The topological polar surface area (TPSA) is 49.3 Å². The molecule has 0 aliphatic heterocycles. The second-order valence-corrected chi connectivity index (χ2v) is 5.27. The third kappa shape index (κ3) is 2.97. The molecule has 0 amide bonds. The largest absolute Gasteiger partial charge is 0.480 e. The molecule has 1 rings (SSSR count). The lowest BCUT2D eigenvalue weighted by Crippen LogP contribution is -2.57. The van der Waals surface area contributed by atoms with E-state index in [4.69, 9.17) is 0 Å². The zero-order valence-corrected chi connectivity index (χ0v) is 10.8. The number of carboxylic acids is 1. The summed E-state index contributed by atoms with van der Waals surface area (Å²) in [6.45, 7) is 6.43. The summed E-state index contributed by atoms with van der Waals surface area (Å²) in [6, 6.07) is 0.277. The van der Waals surface area contributed by atoms with Crippen LogP contribution in [0.3, 0.4) is 0 Å². The molecular weight excluding hydrogens is 202 g/mol. The predicted octanol–water partition coefficient (Wildman–Crippen LogP) is 2.80. The third-order valence-corrected chi connectivity index (χ3v) is 4.12. The zero-order chi connectivity index (χ0) is 12.2. The van der Waals surface area contributed by atoms with Crippen LogP contribution in [0, 0.1) is 5.92 Å². The van der Waals surface area contributed by atoms with Gasteiger partial charge < -0.3 is 5.11 Å². The lowest BCUT2D eigenvalue weighted by Gasteiger charge is -2.38. The first kappa shape index (κ1) is 13.5. The number of carboxylic acid groups (broad SMARTS) is 1. The Kier molecular flexibility index (Phi) is 4.78. The second kappa shape index (κ2) is 5.67. The molecule has 0 aromatic rings. The van der Waals surface area contributed by atoms with Gasteiger partial charge in [0.1, 0.15) is 5.54 Å². The van der Waals surface area contributed by atoms with Crippen molar-refractivity contribution in [2.45, 2.75) is 70.9 Å². The summed E-state index contributed by atoms with van der Waals surface area (Å²) in [5, 5.41) is 12.8. The highest BCUT2D eigenvalue weighted by Crippen LogP contribution is 2.29. The van der Waals surface area contributed by atoms with Crippen molar-refractivity contribution in [1.29, 1.82) is 0 Å². The molecule has 0 radical (unpaired) electrons. The van der Waals surface area contributed by atoms with Gasteiger partial charge in [-0.25, -0.2) is 0 Å². The van der Waals surface area contributed by atoms with Crippen LogP contribution in [-0.4, -0.2) is 22.7 Å². The fourth-order valence-corrected chi connectivity index (χ4v) is 2.51. The summed E-state index contributed by atoms with van der Waals surface area (Å²) in [7, 11) is 0. The standard InChI is InChI=1S/C13H25NO2/c1-4-10(2)11(3)14-13(12(15)16)8-6-5-7-9-13/h10-11,14H,4-9H2,1-3H3,(H,15,16). The van der Waals surface area contributed by atoms with E-state index in [1.165, 1.54) is 6.42 Å². The van der Waals surface area contributed by atoms with Crippen molar-refractivity contribution in [3.63, 3.8) is 0 Å². The minimum absolute atomic E-state index is 0.277. The van der Waals surface area contributed by atoms with E-state index in [0.29, 0.717) is 5.92 Å². The van der Waals surface area contributed by atoms with Crippen LogP contribution < -0.4 is 5.32 Å². The Morgan fingerprint density at radius 2 is 1.88 bits per heavy atom. The average molecular weight is 227 g/mol. The van der Waals surface area contributed by atoms with E-state index in [-0.39, 0.29) is 6.04 Å². The molecule has 0 spiro atoms. The first-order chi connectivity index (χ1) is 7.52. The average Bonchev–Trinajstić information content (AvgIpc) is 2.28. The number of nitrogens with one attached hydrogen (secondary N) is 1. The van der Waals surface area contributed by atoms with Crippen molar-refractivity contribution in [2.24, 2.45) is 5.92 Å². The summed E-state index contributed by atoms with van der Waals surface area (Å²) < 4.78 is 0. The van der Waals surface area contributed by atoms with Crippen molar-refractivity contribution < 1.29 is 9.90 Å². The first-order valence-electron chi connectivity index (χ1n) is 6.53. The Labute approximate surface area is 98.6 Å². The van der Waals surface area contributed by atoms with Gasteiger partial charge in [-0.2, -0.15) is 0 Å². The fraction of sp³-hybridized carbons (Fsp3) is 0.923. The molecule has 1 aliphatic carbocycles. The molecule has 1 aliphatic rings. The third-order valence-electron chi connectivity index (χ3n) is 4.12. The maximum absolute atomic E-state index is 11.5. The van der Waals surface area contributed by atoms with Gasteiger partial charge in [0.15, 0.2) is 0 Å². The molecule has 0 heterocycles. The lowest BCUT2D eigenvalue weighted by molar-refractivity contribution is -0.147. The summed E-state index contributed by atoms with van der Waals surface area (Å²) in [5.41, 5.74) is -0.652. The molecule has 16 heavy (non-hydrogen) atoms. The molecular formula is C13H25NO2. The maximum atomic E-state index is 11.5. The molecule has 3 nitrogen and oxygen atoms in total. The Morgan fingerprint density at radius 3 is 2.31 bits per heavy atom. The number of aliphatic carboxylic acids is 1. The van der Waals surface area contributed by atoms with Gasteiger partial charge in [-0.3, -0.25) is 10.1 Å². The normalized spacial score (nSPS) is 23.7. The van der Waals surface area contributed by atoms with E-state index >= 15 is 0 Å². The Bertz CT molecular complexity index is 234. The van der Waals surface area contributed by atoms with Crippen molar-refractivity contribution >= 4 is 5.97 Å². The van der Waals surface area contributed by atoms with Gasteiger partial charge in [0, 0.05) is 6.04 Å². The van der Waals surface area contributed by atoms with Crippen LogP contribution in [0.2, 0.25) is 0 Å². The smallest absolute Gasteiger partial charge is 0.323 e. The van der Waals surface area contributed by atoms with E-state index < -0.39 is 11.5 Å². The van der Waals surface area contributed by atoms with Crippen LogP contribution >= 0.6 is 0 Å². The molecule has 1 saturated carbocycles. The van der Waals surface area contributed by atoms with Crippen LogP contribution in [0.25, 0.3) is 0 Å². The van der Waals surface area contributed by atoms with Gasteiger partial charge in [-0.15, -0.1) is 0 Å². The van der Waals surface area contributed by atoms with Gasteiger partial charge >= 0.3 is 5.97 Å². The monoisotopic (exact) mass is 227 g/mol. The van der Waals surface area contributed by atoms with E-state index in [0.717, 1.165) is 32.1 Å². The van der Waals surface area contributed by atoms with Crippen molar-refractivity contribution in [2.75, 3.05) is 0 Å². The maximum Gasteiger partial charge on any atom is 0.323 e. The quantitative estimate of drug-likeness (QED) is 0.759. The van der Waals surface area contributed by atoms with Crippen molar-refractivity contribution in [1.82, 2.24) is 5.32 Å². The van der Waals surface area contributed by atoms with Gasteiger partial charge in [-0.05, 0) is 25.7 Å². The van der Waals surface area contributed by atoms with Crippen molar-refractivity contribution in [3.05, 3.63) is 0 Å². The fourth-order valence-electron chi connectivity index (χ4n) is 2.51. The SMILES string of the molecule is CCC(C)C(C)NC1(C(=O)O)CCCCC1. The minimum Gasteiger partial charge on any atom is -0.480 e. The zero-order valence-electron chi connectivity index (χ0n) is 10.8. The van der Waals surface area contributed by atoms with Crippen LogP contribution in [0.4, 0.5) is 0 Å². The van der Waals surface area contributed by atoms with Crippen molar-refractivity contribution in [3.8, 4) is 0 Å². The van der Waals surface area contributed by atoms with Crippen LogP contribution in [0.15, 0.2) is 0 Å². The summed E-state index contributed by atoms with van der Waals surface area (Å²) in [4.78, 5) is 11.5. The molecule has 0 bridgehead atoms. The molecule has 0 aromatic heterocycles. The molecule has 0 saturated heterocycles. The number of hydrogen-bond donors (Lipinski definition) is 2. The molecule has 3 heteroatoms. The highest BCUT2D eigenvalue weighted by atomic mass is 16.4. The summed E-state index contributed by atoms with van der Waals surface area (Å²) in [6.07, 6.45) is 5.89. The Balaban J connectivity index is 2.67. The molecule has 0 aromatic carbocycles. The second-order valence-electron chi connectivity index (χ2n) is 5.27. The molecule has 2 atom stereocenters.